The van der Waals surface area contributed by atoms with E-state index in [1.54, 1.807) is 0 Å². The summed E-state index contributed by atoms with van der Waals surface area (Å²) in [6, 6.07) is 9.54. The van der Waals surface area contributed by atoms with E-state index in [2.05, 4.69) is 58.2 Å². The maximum atomic E-state index is 14.3. The zero-order valence-corrected chi connectivity index (χ0v) is 22.6. The molecule has 0 saturated heterocycles. The molecule has 1 unspecified atom stereocenters. The smallest absolute Gasteiger partial charge is 0.257 e. The van der Waals surface area contributed by atoms with E-state index in [-0.39, 0.29) is 40.9 Å². The van der Waals surface area contributed by atoms with Crippen molar-refractivity contribution in [1.82, 2.24) is 5.32 Å². The summed E-state index contributed by atoms with van der Waals surface area (Å²) < 4.78 is 0. The molecular formula is C32H41NO3. The minimum absolute atomic E-state index is 0.0598. The second-order valence-corrected chi connectivity index (χ2v) is 11.8. The normalized spacial score (nSPS) is 35.0. The van der Waals surface area contributed by atoms with E-state index >= 15 is 0 Å². The van der Waals surface area contributed by atoms with Crippen LogP contribution < -0.4 is 5.32 Å². The Labute approximate surface area is 216 Å². The van der Waals surface area contributed by atoms with Crippen LogP contribution in [-0.2, 0) is 16.0 Å². The van der Waals surface area contributed by atoms with Crippen LogP contribution in [0, 0.1) is 29.1 Å². The molecule has 192 valence electrons. The number of rotatable bonds is 6. The molecule has 4 heteroatoms. The summed E-state index contributed by atoms with van der Waals surface area (Å²) in [4.78, 5) is 27.5. The number of aliphatic hydroxyl groups is 1. The molecule has 4 rings (SSSR count). The van der Waals surface area contributed by atoms with Crippen LogP contribution >= 0.6 is 0 Å². The lowest BCUT2D eigenvalue weighted by Gasteiger charge is -2.52. The Balaban J connectivity index is 1.76. The number of nitrogens with one attached hydrogen (secondary N) is 1. The predicted octanol–water partition coefficient (Wildman–Crippen LogP) is 6.09. The highest BCUT2D eigenvalue weighted by molar-refractivity contribution is 6.22. The molecule has 1 saturated carbocycles. The fourth-order valence-corrected chi connectivity index (χ4v) is 7.16. The third-order valence-corrected chi connectivity index (χ3v) is 8.69. The van der Waals surface area contributed by atoms with Gasteiger partial charge in [-0.25, -0.2) is 0 Å². The van der Waals surface area contributed by atoms with Crippen molar-refractivity contribution < 1.29 is 14.7 Å². The highest BCUT2D eigenvalue weighted by Crippen LogP contribution is 2.56. The van der Waals surface area contributed by atoms with Crippen LogP contribution in [0.3, 0.4) is 0 Å². The number of amides is 1. The number of allylic oxidation sites excluding steroid dienone is 6. The molecule has 3 aliphatic rings. The Kier molecular flexibility index (Phi) is 7.30. The number of hydrogen-bond donors (Lipinski definition) is 2. The fourth-order valence-electron chi connectivity index (χ4n) is 7.16. The van der Waals surface area contributed by atoms with E-state index in [0.717, 1.165) is 36.0 Å². The SMILES string of the molecule is C/C=C(C)/C=C(\C)[C@@H]1C(C)=C[C@]2(C)C[C@H](C)CC[C@H]2[C@@H]1C(=O)C1=CC(O)(Cc2ccccc2)NC1=O. The monoisotopic (exact) mass is 487 g/mol. The van der Waals surface area contributed by atoms with Crippen LogP contribution in [0.5, 0.6) is 0 Å². The lowest BCUT2D eigenvalue weighted by Crippen LogP contribution is -2.48. The van der Waals surface area contributed by atoms with Gasteiger partial charge in [-0.05, 0) is 69.4 Å². The minimum atomic E-state index is -1.56. The van der Waals surface area contributed by atoms with E-state index in [9.17, 15) is 14.7 Å². The fraction of sp³-hybridized carbons (Fsp3) is 0.500. The third-order valence-electron chi connectivity index (χ3n) is 8.69. The third kappa shape index (κ3) is 5.06. The van der Waals surface area contributed by atoms with Gasteiger partial charge >= 0.3 is 0 Å². The number of carbonyl (C=O) groups excluding carboxylic acids is 2. The number of ketones is 1. The van der Waals surface area contributed by atoms with Gasteiger partial charge in [0.15, 0.2) is 11.5 Å². The molecule has 1 fully saturated rings. The standard InChI is InChI=1S/C32H41NO3/c1-7-20(2)15-22(4)27-23(5)17-31(6)16-21(3)13-14-26(31)28(27)29(34)25-19-32(36,33-30(25)35)18-24-11-9-8-10-12-24/h7-12,15,17,19,21,26-28,36H,13-14,16,18H2,1-6H3,(H,33,35)/b20-7+,22-15+/t21-,26+,27-,28+,31+,32?/m1/s1. The highest BCUT2D eigenvalue weighted by Gasteiger charge is 2.52. The molecule has 6 atom stereocenters. The summed E-state index contributed by atoms with van der Waals surface area (Å²) in [5.41, 5.74) is 2.88. The first kappa shape index (κ1) is 26.3. The molecule has 1 aromatic carbocycles. The topological polar surface area (TPSA) is 66.4 Å². The summed E-state index contributed by atoms with van der Waals surface area (Å²) in [7, 11) is 0. The Bertz CT molecular complexity index is 1160. The molecular weight excluding hydrogens is 446 g/mol. The van der Waals surface area contributed by atoms with E-state index in [4.69, 9.17) is 0 Å². The number of carbonyl (C=O) groups is 2. The molecule has 0 radical (unpaired) electrons. The van der Waals surface area contributed by atoms with Crippen molar-refractivity contribution in [2.24, 2.45) is 29.1 Å². The number of Topliss-reactive ketones (excluding diaryl/α,β-unsaturated/α-hetero) is 1. The van der Waals surface area contributed by atoms with Crippen molar-refractivity contribution in [3.05, 3.63) is 82.5 Å². The van der Waals surface area contributed by atoms with Gasteiger partial charge in [0.05, 0.1) is 5.57 Å². The first-order valence-corrected chi connectivity index (χ1v) is 13.3. The molecule has 2 aliphatic carbocycles. The van der Waals surface area contributed by atoms with Gasteiger partial charge in [0.25, 0.3) is 5.91 Å². The Hall–Kier alpha value is -2.72. The molecule has 0 spiro atoms. The molecule has 0 bridgehead atoms. The maximum Gasteiger partial charge on any atom is 0.257 e. The Morgan fingerprint density at radius 2 is 1.86 bits per heavy atom. The van der Waals surface area contributed by atoms with Gasteiger partial charge in [-0.1, -0.05) is 85.5 Å². The van der Waals surface area contributed by atoms with Crippen molar-refractivity contribution in [3.8, 4) is 0 Å². The van der Waals surface area contributed by atoms with Crippen LogP contribution in [0.15, 0.2) is 76.9 Å². The second kappa shape index (κ2) is 9.97. The van der Waals surface area contributed by atoms with Crippen LogP contribution in [0.4, 0.5) is 0 Å². The molecule has 36 heavy (non-hydrogen) atoms. The average Bonchev–Trinajstić information content (AvgIpc) is 3.10. The summed E-state index contributed by atoms with van der Waals surface area (Å²) in [6.07, 6.45) is 11.5. The first-order chi connectivity index (χ1) is 17.0. The van der Waals surface area contributed by atoms with Gasteiger partial charge in [-0.2, -0.15) is 0 Å². The highest BCUT2D eigenvalue weighted by atomic mass is 16.3. The van der Waals surface area contributed by atoms with Gasteiger partial charge in [0.2, 0.25) is 0 Å². The van der Waals surface area contributed by atoms with Gasteiger partial charge in [-0.15, -0.1) is 0 Å². The van der Waals surface area contributed by atoms with Crippen molar-refractivity contribution in [2.75, 3.05) is 0 Å². The quantitative estimate of drug-likeness (QED) is 0.290. The molecule has 1 aromatic rings. The van der Waals surface area contributed by atoms with Crippen molar-refractivity contribution in [3.63, 3.8) is 0 Å². The Morgan fingerprint density at radius 3 is 2.53 bits per heavy atom. The zero-order chi connectivity index (χ0) is 26.3. The zero-order valence-electron chi connectivity index (χ0n) is 22.6. The van der Waals surface area contributed by atoms with E-state index in [1.807, 2.05) is 37.3 Å². The summed E-state index contributed by atoms with van der Waals surface area (Å²) >= 11 is 0. The minimum Gasteiger partial charge on any atom is -0.367 e. The van der Waals surface area contributed by atoms with Gasteiger partial charge < -0.3 is 10.4 Å². The van der Waals surface area contributed by atoms with E-state index in [0.29, 0.717) is 5.92 Å². The second-order valence-electron chi connectivity index (χ2n) is 11.8. The Morgan fingerprint density at radius 1 is 1.17 bits per heavy atom. The molecule has 1 heterocycles. The lowest BCUT2D eigenvalue weighted by atomic mass is 9.52. The van der Waals surface area contributed by atoms with Crippen LogP contribution in [0.1, 0.15) is 66.4 Å². The van der Waals surface area contributed by atoms with Crippen molar-refractivity contribution in [1.29, 1.82) is 0 Å². The van der Waals surface area contributed by atoms with Crippen LogP contribution in [0.25, 0.3) is 0 Å². The van der Waals surface area contributed by atoms with Crippen LogP contribution in [-0.4, -0.2) is 22.5 Å². The first-order valence-electron chi connectivity index (χ1n) is 13.3. The molecule has 1 aliphatic heterocycles. The molecule has 0 aromatic heterocycles. The summed E-state index contributed by atoms with van der Waals surface area (Å²) in [5, 5.41) is 13.9. The predicted molar refractivity (Wildman–Crippen MR) is 145 cm³/mol. The number of fused-ring (bicyclic) bond motifs is 1. The van der Waals surface area contributed by atoms with Crippen LogP contribution in [0.2, 0.25) is 0 Å². The van der Waals surface area contributed by atoms with Gasteiger partial charge in [0, 0.05) is 18.3 Å². The lowest BCUT2D eigenvalue weighted by molar-refractivity contribution is -0.129. The number of benzene rings is 1. The van der Waals surface area contributed by atoms with Crippen molar-refractivity contribution >= 4 is 11.7 Å². The van der Waals surface area contributed by atoms with Crippen molar-refractivity contribution in [2.45, 2.75) is 73.0 Å². The number of hydrogen-bond acceptors (Lipinski definition) is 3. The largest absolute Gasteiger partial charge is 0.367 e. The maximum absolute atomic E-state index is 14.3. The van der Waals surface area contributed by atoms with Gasteiger partial charge in [0.1, 0.15) is 0 Å². The molecule has 1 amide bonds. The molecule has 2 N–H and O–H groups in total. The van der Waals surface area contributed by atoms with E-state index < -0.39 is 11.6 Å². The molecule has 4 nitrogen and oxygen atoms in total. The average molecular weight is 488 g/mol. The summed E-state index contributed by atoms with van der Waals surface area (Å²) in [5.74, 6) is -0.234. The van der Waals surface area contributed by atoms with E-state index in [1.165, 1.54) is 11.6 Å². The van der Waals surface area contributed by atoms with Gasteiger partial charge in [-0.3, -0.25) is 9.59 Å². The summed E-state index contributed by atoms with van der Waals surface area (Å²) in [6.45, 7) is 12.9.